The fraction of sp³-hybridized carbons (Fsp3) is 0.462. The van der Waals surface area contributed by atoms with Crippen LogP contribution < -0.4 is 0 Å². The minimum atomic E-state index is -0.127. The van der Waals surface area contributed by atoms with Crippen molar-refractivity contribution < 1.29 is 9.53 Å². The van der Waals surface area contributed by atoms with Crippen LogP contribution in [-0.4, -0.2) is 30.6 Å². The van der Waals surface area contributed by atoms with Crippen molar-refractivity contribution in [2.24, 2.45) is 0 Å². The summed E-state index contributed by atoms with van der Waals surface area (Å²) in [6.07, 6.45) is 0.894. The van der Waals surface area contributed by atoms with Crippen LogP contribution >= 0.6 is 15.9 Å². The molecule has 1 aliphatic heterocycles. The fourth-order valence-electron chi connectivity index (χ4n) is 2.22. The number of carbonyl (C=O) groups excluding carboxylic acids is 1. The summed E-state index contributed by atoms with van der Waals surface area (Å²) in [7, 11) is 1.45. The Labute approximate surface area is 110 Å². The van der Waals surface area contributed by atoms with E-state index in [-0.39, 0.29) is 18.1 Å². The molecule has 2 atom stereocenters. The Bertz CT molecular complexity index is 422. The third-order valence-electron chi connectivity index (χ3n) is 3.36. The molecule has 4 heteroatoms. The number of esters is 1. The highest BCUT2D eigenvalue weighted by atomic mass is 79.9. The number of halogens is 1. The molecule has 1 aromatic rings. The van der Waals surface area contributed by atoms with Crippen LogP contribution in [-0.2, 0) is 9.53 Å². The van der Waals surface area contributed by atoms with E-state index in [9.17, 15) is 4.79 Å². The number of hydrogen-bond acceptors (Lipinski definition) is 3. The average Bonchev–Trinajstić information content (AvgIpc) is 2.27. The second kappa shape index (κ2) is 5.19. The van der Waals surface area contributed by atoms with E-state index in [4.69, 9.17) is 4.74 Å². The van der Waals surface area contributed by atoms with Gasteiger partial charge in [-0.25, -0.2) is 0 Å². The predicted molar refractivity (Wildman–Crippen MR) is 69.7 cm³/mol. The molecule has 0 radical (unpaired) electrons. The van der Waals surface area contributed by atoms with Gasteiger partial charge in [0, 0.05) is 17.1 Å². The first-order valence-corrected chi connectivity index (χ1v) is 6.52. The number of hydrogen-bond donors (Lipinski definition) is 0. The van der Waals surface area contributed by atoms with E-state index < -0.39 is 0 Å². The van der Waals surface area contributed by atoms with Gasteiger partial charge >= 0.3 is 5.97 Å². The molecule has 0 spiro atoms. The first-order chi connectivity index (χ1) is 8.13. The lowest BCUT2D eigenvalue weighted by Gasteiger charge is -2.43. The standard InChI is InChI=1S/C13H16BrNO2/c1-9(10-4-3-5-11(14)8-10)15-7-6-12(15)13(16)17-2/h3-5,8-9,12H,6-7H2,1-2H3. The molecule has 3 nitrogen and oxygen atoms in total. The van der Waals surface area contributed by atoms with Crippen LogP contribution in [0.4, 0.5) is 0 Å². The number of carbonyl (C=O) groups is 1. The molecule has 92 valence electrons. The molecule has 1 aliphatic rings. The molecule has 1 saturated heterocycles. The van der Waals surface area contributed by atoms with Gasteiger partial charge in [0.2, 0.25) is 0 Å². The molecular weight excluding hydrogens is 282 g/mol. The number of benzene rings is 1. The van der Waals surface area contributed by atoms with E-state index in [1.807, 2.05) is 12.1 Å². The largest absolute Gasteiger partial charge is 0.468 e. The predicted octanol–water partition coefficient (Wildman–Crippen LogP) is 2.76. The first kappa shape index (κ1) is 12.6. The third-order valence-corrected chi connectivity index (χ3v) is 3.86. The van der Waals surface area contributed by atoms with Crippen LogP contribution in [0, 0.1) is 0 Å². The van der Waals surface area contributed by atoms with Gasteiger partial charge in [-0.05, 0) is 31.0 Å². The first-order valence-electron chi connectivity index (χ1n) is 5.72. The minimum Gasteiger partial charge on any atom is -0.468 e. The number of rotatable bonds is 3. The van der Waals surface area contributed by atoms with Gasteiger partial charge in [0.15, 0.2) is 0 Å². The van der Waals surface area contributed by atoms with Crippen LogP contribution in [0.15, 0.2) is 28.7 Å². The van der Waals surface area contributed by atoms with E-state index >= 15 is 0 Å². The molecular formula is C13H16BrNO2. The highest BCUT2D eigenvalue weighted by molar-refractivity contribution is 9.10. The Morgan fingerprint density at radius 1 is 1.59 bits per heavy atom. The highest BCUT2D eigenvalue weighted by Crippen LogP contribution is 2.31. The molecule has 0 aromatic heterocycles. The number of ether oxygens (including phenoxy) is 1. The third kappa shape index (κ3) is 2.53. The number of nitrogens with zero attached hydrogens (tertiary/aromatic N) is 1. The van der Waals surface area contributed by atoms with Crippen molar-refractivity contribution in [3.63, 3.8) is 0 Å². The normalized spacial score (nSPS) is 21.7. The van der Waals surface area contributed by atoms with Crippen LogP contribution in [0.5, 0.6) is 0 Å². The van der Waals surface area contributed by atoms with Gasteiger partial charge in [-0.3, -0.25) is 9.69 Å². The zero-order chi connectivity index (χ0) is 12.4. The van der Waals surface area contributed by atoms with Crippen LogP contribution in [0.25, 0.3) is 0 Å². The van der Waals surface area contributed by atoms with Gasteiger partial charge < -0.3 is 4.74 Å². The SMILES string of the molecule is COC(=O)C1CCN1C(C)c1cccc(Br)c1. The maximum atomic E-state index is 11.5. The number of methoxy groups -OCH3 is 1. The van der Waals surface area contributed by atoms with Gasteiger partial charge in [-0.1, -0.05) is 28.1 Å². The summed E-state index contributed by atoms with van der Waals surface area (Å²) >= 11 is 3.47. The number of likely N-dealkylation sites (tertiary alicyclic amines) is 1. The molecule has 0 N–H and O–H groups in total. The van der Waals surface area contributed by atoms with Crippen molar-refractivity contribution >= 4 is 21.9 Å². The van der Waals surface area contributed by atoms with E-state index in [0.717, 1.165) is 17.4 Å². The molecule has 0 saturated carbocycles. The maximum absolute atomic E-state index is 11.5. The molecule has 1 fully saturated rings. The molecule has 0 aliphatic carbocycles. The van der Waals surface area contributed by atoms with Gasteiger partial charge in [-0.2, -0.15) is 0 Å². The molecule has 1 aromatic carbocycles. The second-order valence-corrected chi connectivity index (χ2v) is 5.21. The second-order valence-electron chi connectivity index (χ2n) is 4.30. The summed E-state index contributed by atoms with van der Waals surface area (Å²) in [6, 6.07) is 8.37. The molecule has 2 unspecified atom stereocenters. The van der Waals surface area contributed by atoms with Gasteiger partial charge in [0.25, 0.3) is 0 Å². The molecule has 2 rings (SSSR count). The van der Waals surface area contributed by atoms with Crippen LogP contribution in [0.1, 0.15) is 24.9 Å². The van der Waals surface area contributed by atoms with Crippen molar-refractivity contribution in [1.29, 1.82) is 0 Å². The average molecular weight is 298 g/mol. The summed E-state index contributed by atoms with van der Waals surface area (Å²) in [5.74, 6) is -0.127. The highest BCUT2D eigenvalue weighted by Gasteiger charge is 2.38. The summed E-state index contributed by atoms with van der Waals surface area (Å²) < 4.78 is 5.87. The lowest BCUT2D eigenvalue weighted by atomic mass is 9.96. The summed E-state index contributed by atoms with van der Waals surface area (Å²) in [6.45, 7) is 3.07. The molecule has 1 heterocycles. The Balaban J connectivity index is 2.10. The summed E-state index contributed by atoms with van der Waals surface area (Å²) in [5.41, 5.74) is 1.22. The van der Waals surface area contributed by atoms with Crippen molar-refractivity contribution in [3.8, 4) is 0 Å². The van der Waals surface area contributed by atoms with Crippen molar-refractivity contribution in [2.45, 2.75) is 25.4 Å². The molecule has 0 bridgehead atoms. The van der Waals surface area contributed by atoms with Crippen molar-refractivity contribution in [2.75, 3.05) is 13.7 Å². The zero-order valence-electron chi connectivity index (χ0n) is 10.0. The fourth-order valence-corrected chi connectivity index (χ4v) is 2.63. The van der Waals surface area contributed by atoms with Gasteiger partial charge in [0.05, 0.1) is 7.11 Å². The van der Waals surface area contributed by atoms with Crippen molar-refractivity contribution in [1.82, 2.24) is 4.90 Å². The van der Waals surface area contributed by atoms with E-state index in [1.165, 1.54) is 12.7 Å². The topological polar surface area (TPSA) is 29.5 Å². The van der Waals surface area contributed by atoms with Gasteiger partial charge in [-0.15, -0.1) is 0 Å². The lowest BCUT2D eigenvalue weighted by Crippen LogP contribution is -2.53. The summed E-state index contributed by atoms with van der Waals surface area (Å²) in [4.78, 5) is 13.7. The van der Waals surface area contributed by atoms with Gasteiger partial charge in [0.1, 0.15) is 6.04 Å². The lowest BCUT2D eigenvalue weighted by molar-refractivity contribution is -0.153. The Hall–Kier alpha value is -0.870. The van der Waals surface area contributed by atoms with Crippen molar-refractivity contribution in [3.05, 3.63) is 34.3 Å². The maximum Gasteiger partial charge on any atom is 0.323 e. The Morgan fingerprint density at radius 3 is 2.88 bits per heavy atom. The summed E-state index contributed by atoms with van der Waals surface area (Å²) in [5, 5.41) is 0. The Kier molecular flexibility index (Phi) is 3.84. The monoisotopic (exact) mass is 297 g/mol. The molecule has 17 heavy (non-hydrogen) atoms. The molecule has 0 amide bonds. The van der Waals surface area contributed by atoms with Crippen LogP contribution in [0.2, 0.25) is 0 Å². The quantitative estimate of drug-likeness (QED) is 0.804. The zero-order valence-corrected chi connectivity index (χ0v) is 11.6. The van der Waals surface area contributed by atoms with E-state index in [1.54, 1.807) is 0 Å². The van der Waals surface area contributed by atoms with E-state index in [2.05, 4.69) is 39.9 Å². The van der Waals surface area contributed by atoms with E-state index in [0.29, 0.717) is 0 Å². The minimum absolute atomic E-state index is 0.0750. The van der Waals surface area contributed by atoms with Crippen LogP contribution in [0.3, 0.4) is 0 Å². The smallest absolute Gasteiger partial charge is 0.323 e. The Morgan fingerprint density at radius 2 is 2.35 bits per heavy atom.